The number of pyridine rings is 1. The van der Waals surface area contributed by atoms with E-state index in [1.54, 1.807) is 6.07 Å². The Morgan fingerprint density at radius 3 is 2.53 bits per heavy atom. The number of benzene rings is 1. The van der Waals surface area contributed by atoms with Crippen molar-refractivity contribution in [2.75, 3.05) is 0 Å². The molecular weight excluding hydrogens is 257 g/mol. The molecule has 1 heterocycles. The highest BCUT2D eigenvalue weighted by Gasteiger charge is 2.07. The van der Waals surface area contributed by atoms with Gasteiger partial charge in [0.1, 0.15) is 5.82 Å². The van der Waals surface area contributed by atoms with Crippen LogP contribution in [0, 0.1) is 5.82 Å². The molecule has 1 nitrogen and oxygen atoms in total. The van der Waals surface area contributed by atoms with E-state index in [2.05, 4.69) is 15.9 Å². The molecule has 0 N–H and O–H groups in total. The predicted molar refractivity (Wildman–Crippen MR) is 59.8 cm³/mol. The maximum absolute atomic E-state index is 13.5. The third-order valence-corrected chi connectivity index (χ3v) is 2.64. The third kappa shape index (κ3) is 2.63. The van der Waals surface area contributed by atoms with Crippen molar-refractivity contribution in [3.63, 3.8) is 0 Å². The number of rotatable bonds is 2. The summed E-state index contributed by atoms with van der Waals surface area (Å²) < 4.78 is 16.2. The Morgan fingerprint density at radius 1 is 1.13 bits per heavy atom. The molecule has 0 aliphatic carbocycles. The van der Waals surface area contributed by atoms with Crippen molar-refractivity contribution in [2.45, 2.75) is 6.54 Å². The van der Waals surface area contributed by atoms with Gasteiger partial charge in [0.15, 0.2) is 18.9 Å². The van der Waals surface area contributed by atoms with Crippen molar-refractivity contribution < 1.29 is 8.96 Å². The Labute approximate surface area is 96.3 Å². The molecule has 1 aromatic carbocycles. The summed E-state index contributed by atoms with van der Waals surface area (Å²) in [5, 5.41) is 0. The van der Waals surface area contributed by atoms with E-state index in [0.29, 0.717) is 12.1 Å². The first-order chi connectivity index (χ1) is 7.25. The number of hydrogen-bond acceptors (Lipinski definition) is 0. The molecule has 0 aliphatic heterocycles. The zero-order chi connectivity index (χ0) is 10.7. The van der Waals surface area contributed by atoms with Crippen molar-refractivity contribution in [1.29, 1.82) is 0 Å². The van der Waals surface area contributed by atoms with E-state index in [9.17, 15) is 4.39 Å². The highest BCUT2D eigenvalue weighted by Crippen LogP contribution is 2.14. The molecule has 0 spiro atoms. The fourth-order valence-electron chi connectivity index (χ4n) is 1.39. The summed E-state index contributed by atoms with van der Waals surface area (Å²) in [6.07, 6.45) is 3.84. The summed E-state index contributed by atoms with van der Waals surface area (Å²) in [5.74, 6) is -0.180. The second-order valence-corrected chi connectivity index (χ2v) is 4.20. The Morgan fingerprint density at radius 2 is 1.87 bits per heavy atom. The van der Waals surface area contributed by atoms with Crippen LogP contribution in [0.2, 0.25) is 0 Å². The van der Waals surface area contributed by atoms with Gasteiger partial charge < -0.3 is 0 Å². The second kappa shape index (κ2) is 4.53. The normalized spacial score (nSPS) is 10.3. The first-order valence-electron chi connectivity index (χ1n) is 4.64. The minimum atomic E-state index is -0.180. The van der Waals surface area contributed by atoms with Crippen molar-refractivity contribution in [3.8, 4) is 0 Å². The number of nitrogens with zero attached hydrogens (tertiary/aromatic N) is 1. The minimum absolute atomic E-state index is 0.180. The van der Waals surface area contributed by atoms with Crippen LogP contribution in [0.5, 0.6) is 0 Å². The van der Waals surface area contributed by atoms with Gasteiger partial charge >= 0.3 is 0 Å². The molecule has 2 rings (SSSR count). The van der Waals surface area contributed by atoms with E-state index in [4.69, 9.17) is 0 Å². The molecule has 0 atom stereocenters. The fourth-order valence-corrected chi connectivity index (χ4v) is 1.72. The zero-order valence-electron chi connectivity index (χ0n) is 8.03. The average Bonchev–Trinajstić information content (AvgIpc) is 2.24. The molecule has 2 aromatic rings. The number of hydrogen-bond donors (Lipinski definition) is 0. The summed E-state index contributed by atoms with van der Waals surface area (Å²) in [4.78, 5) is 0. The van der Waals surface area contributed by atoms with Crippen LogP contribution >= 0.6 is 15.9 Å². The molecule has 0 amide bonds. The lowest BCUT2D eigenvalue weighted by Gasteiger charge is -2.00. The van der Waals surface area contributed by atoms with Gasteiger partial charge in [-0.3, -0.25) is 0 Å². The SMILES string of the molecule is Fc1cc(Br)ccc1C[n+]1ccccc1. The lowest BCUT2D eigenvalue weighted by atomic mass is 10.2. The molecule has 0 saturated carbocycles. The lowest BCUT2D eigenvalue weighted by Crippen LogP contribution is -2.33. The average molecular weight is 267 g/mol. The van der Waals surface area contributed by atoms with Gasteiger partial charge in [0.2, 0.25) is 0 Å². The van der Waals surface area contributed by atoms with Crippen LogP contribution in [0.1, 0.15) is 5.56 Å². The molecular formula is C12H10BrFN+. The smallest absolute Gasteiger partial charge is 0.176 e. The van der Waals surface area contributed by atoms with Crippen LogP contribution in [-0.4, -0.2) is 0 Å². The van der Waals surface area contributed by atoms with Crippen molar-refractivity contribution in [3.05, 3.63) is 64.6 Å². The zero-order valence-corrected chi connectivity index (χ0v) is 9.62. The summed E-state index contributed by atoms with van der Waals surface area (Å²) in [6, 6.07) is 10.9. The van der Waals surface area contributed by atoms with Gasteiger partial charge in [0.05, 0.1) is 5.56 Å². The Bertz CT molecular complexity index is 456. The van der Waals surface area contributed by atoms with Gasteiger partial charge in [-0.05, 0) is 18.2 Å². The molecule has 0 unspecified atom stereocenters. The quantitative estimate of drug-likeness (QED) is 0.736. The molecule has 0 saturated heterocycles. The number of halogens is 2. The van der Waals surface area contributed by atoms with Crippen molar-refractivity contribution >= 4 is 15.9 Å². The van der Waals surface area contributed by atoms with Gasteiger partial charge in [-0.25, -0.2) is 8.96 Å². The van der Waals surface area contributed by atoms with Crippen LogP contribution in [0.3, 0.4) is 0 Å². The van der Waals surface area contributed by atoms with Crippen LogP contribution in [0.15, 0.2) is 53.3 Å². The maximum atomic E-state index is 13.5. The summed E-state index contributed by atoms with van der Waals surface area (Å²) in [6.45, 7) is 0.556. The highest BCUT2D eigenvalue weighted by atomic mass is 79.9. The largest absolute Gasteiger partial charge is 0.206 e. The number of aromatic nitrogens is 1. The monoisotopic (exact) mass is 266 g/mol. The predicted octanol–water partition coefficient (Wildman–Crippen LogP) is 2.92. The lowest BCUT2D eigenvalue weighted by molar-refractivity contribution is -0.688. The fraction of sp³-hybridized carbons (Fsp3) is 0.0833. The molecule has 0 aliphatic rings. The Kier molecular flexibility index (Phi) is 3.11. The van der Waals surface area contributed by atoms with Crippen LogP contribution in [0.4, 0.5) is 4.39 Å². The van der Waals surface area contributed by atoms with E-state index in [-0.39, 0.29) is 5.82 Å². The molecule has 76 valence electrons. The van der Waals surface area contributed by atoms with E-state index in [1.165, 1.54) is 6.07 Å². The molecule has 1 aromatic heterocycles. The molecule has 3 heteroatoms. The molecule has 15 heavy (non-hydrogen) atoms. The van der Waals surface area contributed by atoms with Crippen LogP contribution in [0.25, 0.3) is 0 Å². The van der Waals surface area contributed by atoms with Crippen LogP contribution < -0.4 is 4.57 Å². The third-order valence-electron chi connectivity index (χ3n) is 2.15. The first kappa shape index (κ1) is 10.3. The van der Waals surface area contributed by atoms with Gasteiger partial charge in [-0.2, -0.15) is 0 Å². The van der Waals surface area contributed by atoms with Gasteiger partial charge in [-0.15, -0.1) is 0 Å². The van der Waals surface area contributed by atoms with Crippen molar-refractivity contribution in [2.24, 2.45) is 0 Å². The summed E-state index contributed by atoms with van der Waals surface area (Å²) in [7, 11) is 0. The Balaban J connectivity index is 2.25. The van der Waals surface area contributed by atoms with Gasteiger partial charge in [-0.1, -0.05) is 22.0 Å². The first-order valence-corrected chi connectivity index (χ1v) is 5.43. The Hall–Kier alpha value is -1.22. The summed E-state index contributed by atoms with van der Waals surface area (Å²) in [5.41, 5.74) is 0.689. The van der Waals surface area contributed by atoms with E-state index in [1.807, 2.05) is 41.2 Å². The molecule has 0 radical (unpaired) electrons. The highest BCUT2D eigenvalue weighted by molar-refractivity contribution is 9.10. The second-order valence-electron chi connectivity index (χ2n) is 3.28. The summed E-state index contributed by atoms with van der Waals surface area (Å²) >= 11 is 3.23. The maximum Gasteiger partial charge on any atom is 0.176 e. The standard InChI is InChI=1S/C12H10BrFN/c13-11-5-4-10(12(14)8-11)9-15-6-2-1-3-7-15/h1-8H,9H2/q+1. The van der Waals surface area contributed by atoms with Gasteiger partial charge in [0.25, 0.3) is 0 Å². The van der Waals surface area contributed by atoms with Gasteiger partial charge in [0, 0.05) is 16.6 Å². The van der Waals surface area contributed by atoms with E-state index < -0.39 is 0 Å². The molecule has 0 bridgehead atoms. The van der Waals surface area contributed by atoms with E-state index >= 15 is 0 Å². The van der Waals surface area contributed by atoms with Crippen molar-refractivity contribution in [1.82, 2.24) is 0 Å². The van der Waals surface area contributed by atoms with Crippen LogP contribution in [-0.2, 0) is 6.54 Å². The topological polar surface area (TPSA) is 3.88 Å². The molecule has 0 fully saturated rings. The van der Waals surface area contributed by atoms with E-state index in [0.717, 1.165) is 4.47 Å². The minimum Gasteiger partial charge on any atom is -0.206 e.